The molecule has 1 saturated heterocycles. The van der Waals surface area contributed by atoms with Crippen LogP contribution < -0.4 is 0 Å². The smallest absolute Gasteiger partial charge is 0.274 e. The molecule has 0 spiro atoms. The molecule has 4 heterocycles. The lowest BCUT2D eigenvalue weighted by Crippen LogP contribution is -2.40. The van der Waals surface area contributed by atoms with Gasteiger partial charge in [0, 0.05) is 36.5 Å². The van der Waals surface area contributed by atoms with Gasteiger partial charge in [0.25, 0.3) is 11.7 Å². The van der Waals surface area contributed by atoms with Crippen molar-refractivity contribution < 1.29 is 13.2 Å². The number of carbonyl (C=O) groups is 1. The molecule has 1 N–H and O–H groups in total. The third kappa shape index (κ3) is 3.17. The van der Waals surface area contributed by atoms with Crippen molar-refractivity contribution in [2.75, 3.05) is 19.3 Å². The zero-order valence-electron chi connectivity index (χ0n) is 16.7. The van der Waals surface area contributed by atoms with E-state index in [1.165, 1.54) is 17.0 Å². The number of aromatic nitrogens is 6. The van der Waals surface area contributed by atoms with Gasteiger partial charge in [0.05, 0.1) is 11.9 Å². The number of nitrogens with zero attached hydrogens (tertiary/aromatic N) is 6. The van der Waals surface area contributed by atoms with Gasteiger partial charge in [0.15, 0.2) is 15.5 Å². The molecular formula is C19H23N7O3S. The van der Waals surface area contributed by atoms with Crippen LogP contribution >= 0.6 is 0 Å². The molecule has 0 bridgehead atoms. The first-order valence-corrected chi connectivity index (χ1v) is 12.1. The topological polar surface area (TPSA) is 126 Å². The average molecular weight is 430 g/mol. The Bertz CT molecular complexity index is 1230. The fourth-order valence-electron chi connectivity index (χ4n) is 4.63. The first-order chi connectivity index (χ1) is 14.4. The Morgan fingerprint density at radius 2 is 2.03 bits per heavy atom. The Kier molecular flexibility index (Phi) is 4.57. The van der Waals surface area contributed by atoms with Crippen LogP contribution in [0.5, 0.6) is 0 Å². The number of rotatable bonds is 3. The molecule has 1 fully saturated rings. The molecule has 158 valence electrons. The maximum Gasteiger partial charge on any atom is 0.274 e. The van der Waals surface area contributed by atoms with Crippen molar-refractivity contribution in [1.82, 2.24) is 34.7 Å². The van der Waals surface area contributed by atoms with Crippen LogP contribution in [0.15, 0.2) is 17.4 Å². The zero-order chi connectivity index (χ0) is 20.9. The summed E-state index contributed by atoms with van der Waals surface area (Å²) >= 11 is 0. The molecule has 1 atom stereocenters. The SMILES string of the molecule is CS(=O)(=O)c1cnc2ncnn2c1[C@H]1CCCN(C(=O)c2n[nH]c3c2CCCC3)C1. The van der Waals surface area contributed by atoms with E-state index in [-0.39, 0.29) is 16.7 Å². The van der Waals surface area contributed by atoms with E-state index in [1.54, 1.807) is 4.90 Å². The molecule has 0 aromatic carbocycles. The van der Waals surface area contributed by atoms with Crippen molar-refractivity contribution >= 4 is 21.5 Å². The van der Waals surface area contributed by atoms with Crippen LogP contribution in [0.4, 0.5) is 0 Å². The molecule has 0 unspecified atom stereocenters. The molecule has 0 radical (unpaired) electrons. The van der Waals surface area contributed by atoms with E-state index in [0.717, 1.165) is 56.0 Å². The number of carbonyl (C=O) groups excluding carboxylic acids is 1. The third-order valence-electron chi connectivity index (χ3n) is 6.06. The molecule has 30 heavy (non-hydrogen) atoms. The number of fused-ring (bicyclic) bond motifs is 2. The molecule has 2 aliphatic rings. The van der Waals surface area contributed by atoms with Crippen molar-refractivity contribution in [1.29, 1.82) is 0 Å². The second kappa shape index (κ2) is 7.15. The van der Waals surface area contributed by atoms with Crippen molar-refractivity contribution in [3.05, 3.63) is 35.2 Å². The van der Waals surface area contributed by atoms with Gasteiger partial charge in [-0.3, -0.25) is 9.89 Å². The first kappa shape index (κ1) is 19.2. The molecule has 1 amide bonds. The second-order valence-corrected chi connectivity index (χ2v) is 10.1. The minimum Gasteiger partial charge on any atom is -0.337 e. The molecule has 1 aliphatic carbocycles. The fraction of sp³-hybridized carbons (Fsp3) is 0.526. The number of sulfone groups is 1. The molecule has 5 rings (SSSR count). The van der Waals surface area contributed by atoms with Crippen LogP contribution in [-0.2, 0) is 22.7 Å². The van der Waals surface area contributed by atoms with E-state index in [9.17, 15) is 13.2 Å². The predicted molar refractivity (Wildman–Crippen MR) is 107 cm³/mol. The third-order valence-corrected chi connectivity index (χ3v) is 7.17. The molecule has 3 aromatic heterocycles. The Hall–Kier alpha value is -2.82. The van der Waals surface area contributed by atoms with E-state index in [1.807, 2.05) is 0 Å². The minimum absolute atomic E-state index is 0.0936. The molecule has 10 nitrogen and oxygen atoms in total. The largest absolute Gasteiger partial charge is 0.337 e. The summed E-state index contributed by atoms with van der Waals surface area (Å²) in [6.45, 7) is 1.03. The van der Waals surface area contributed by atoms with E-state index < -0.39 is 9.84 Å². The van der Waals surface area contributed by atoms with E-state index in [0.29, 0.717) is 30.3 Å². The van der Waals surface area contributed by atoms with Gasteiger partial charge in [0.2, 0.25) is 0 Å². The number of hydrogen-bond donors (Lipinski definition) is 1. The van der Waals surface area contributed by atoms with Gasteiger partial charge < -0.3 is 4.90 Å². The number of nitrogens with one attached hydrogen (secondary N) is 1. The monoisotopic (exact) mass is 429 g/mol. The van der Waals surface area contributed by atoms with Crippen molar-refractivity contribution in [2.24, 2.45) is 0 Å². The Morgan fingerprint density at radius 3 is 2.87 bits per heavy atom. The highest BCUT2D eigenvalue weighted by molar-refractivity contribution is 7.90. The highest BCUT2D eigenvalue weighted by atomic mass is 32.2. The average Bonchev–Trinajstić information content (AvgIpc) is 3.39. The Morgan fingerprint density at radius 1 is 1.20 bits per heavy atom. The molecular weight excluding hydrogens is 406 g/mol. The van der Waals surface area contributed by atoms with Crippen LogP contribution in [0.3, 0.4) is 0 Å². The summed E-state index contributed by atoms with van der Waals surface area (Å²) in [5, 5.41) is 11.6. The summed E-state index contributed by atoms with van der Waals surface area (Å²) in [6, 6.07) is 0. The minimum atomic E-state index is -3.52. The lowest BCUT2D eigenvalue weighted by Gasteiger charge is -2.33. The summed E-state index contributed by atoms with van der Waals surface area (Å²) in [5.41, 5.74) is 3.15. The maximum absolute atomic E-state index is 13.3. The molecule has 1 aliphatic heterocycles. The van der Waals surface area contributed by atoms with Crippen LogP contribution in [0.25, 0.3) is 5.78 Å². The van der Waals surface area contributed by atoms with Crippen molar-refractivity contribution in [3.8, 4) is 0 Å². The first-order valence-electron chi connectivity index (χ1n) is 10.2. The highest BCUT2D eigenvalue weighted by Crippen LogP contribution is 2.32. The molecule has 3 aromatic rings. The van der Waals surface area contributed by atoms with Crippen LogP contribution in [0, 0.1) is 0 Å². The lowest BCUT2D eigenvalue weighted by molar-refractivity contribution is 0.0697. The lowest BCUT2D eigenvalue weighted by atomic mass is 9.92. The summed E-state index contributed by atoms with van der Waals surface area (Å²) in [5.74, 6) is 0.0699. The summed E-state index contributed by atoms with van der Waals surface area (Å²) in [6.07, 6.45) is 9.36. The predicted octanol–water partition coefficient (Wildman–Crippen LogP) is 1.15. The number of amides is 1. The van der Waals surface area contributed by atoms with Gasteiger partial charge in [-0.1, -0.05) is 0 Å². The standard InChI is InChI=1S/C19H23N7O3S/c1-30(28,29)15-9-20-19-21-11-22-26(19)17(15)12-5-4-8-25(10-12)18(27)16-13-6-2-3-7-14(13)23-24-16/h9,11-12H,2-8,10H2,1H3,(H,23,24)/t12-/m0/s1. The second-order valence-electron chi connectivity index (χ2n) is 8.08. The number of hydrogen-bond acceptors (Lipinski definition) is 7. The Balaban J connectivity index is 1.50. The van der Waals surface area contributed by atoms with Crippen LogP contribution in [-0.4, -0.2) is 68.3 Å². The normalized spacial score (nSPS) is 19.8. The summed E-state index contributed by atoms with van der Waals surface area (Å²) < 4.78 is 26.3. The number of aryl methyl sites for hydroxylation is 1. The maximum atomic E-state index is 13.3. The van der Waals surface area contributed by atoms with E-state index in [4.69, 9.17) is 0 Å². The van der Waals surface area contributed by atoms with E-state index in [2.05, 4.69) is 25.3 Å². The van der Waals surface area contributed by atoms with Gasteiger partial charge in [-0.15, -0.1) is 0 Å². The van der Waals surface area contributed by atoms with Crippen LogP contribution in [0.1, 0.15) is 59.0 Å². The Labute approximate surface area is 173 Å². The van der Waals surface area contributed by atoms with Gasteiger partial charge >= 0.3 is 0 Å². The zero-order valence-corrected chi connectivity index (χ0v) is 17.5. The van der Waals surface area contributed by atoms with Crippen molar-refractivity contribution in [2.45, 2.75) is 49.3 Å². The summed E-state index contributed by atoms with van der Waals surface area (Å²) in [7, 11) is -3.52. The van der Waals surface area contributed by atoms with Crippen LogP contribution in [0.2, 0.25) is 0 Å². The van der Waals surface area contributed by atoms with Gasteiger partial charge in [-0.05, 0) is 38.5 Å². The van der Waals surface area contributed by atoms with E-state index >= 15 is 0 Å². The van der Waals surface area contributed by atoms with Crippen molar-refractivity contribution in [3.63, 3.8) is 0 Å². The molecule has 11 heteroatoms. The fourth-order valence-corrected chi connectivity index (χ4v) is 5.51. The van der Waals surface area contributed by atoms with Gasteiger partial charge in [-0.2, -0.15) is 19.7 Å². The summed E-state index contributed by atoms with van der Waals surface area (Å²) in [4.78, 5) is 23.4. The number of likely N-dealkylation sites (tertiary alicyclic amines) is 1. The number of H-pyrrole nitrogens is 1. The molecule has 0 saturated carbocycles. The highest BCUT2D eigenvalue weighted by Gasteiger charge is 2.33. The number of aromatic amines is 1. The van der Waals surface area contributed by atoms with Gasteiger partial charge in [0.1, 0.15) is 11.2 Å². The quantitative estimate of drug-likeness (QED) is 0.662. The number of piperidine rings is 1. The van der Waals surface area contributed by atoms with Gasteiger partial charge in [-0.25, -0.2) is 13.4 Å².